The van der Waals surface area contributed by atoms with Crippen LogP contribution in [0.2, 0.25) is 0 Å². The van der Waals surface area contributed by atoms with Gasteiger partial charge in [0.2, 0.25) is 5.91 Å². The zero-order valence-corrected chi connectivity index (χ0v) is 12.2. The van der Waals surface area contributed by atoms with E-state index >= 15 is 0 Å². The monoisotopic (exact) mass is 241 g/mol. The quantitative estimate of drug-likeness (QED) is 0.572. The van der Waals surface area contributed by atoms with Crippen LogP contribution in [0.4, 0.5) is 0 Å². The minimum absolute atomic E-state index is 0.111. The maximum Gasteiger partial charge on any atom is 0.222 e. The van der Waals surface area contributed by atoms with Crippen molar-refractivity contribution >= 4 is 5.91 Å². The van der Waals surface area contributed by atoms with Gasteiger partial charge in [0.25, 0.3) is 0 Å². The van der Waals surface area contributed by atoms with E-state index in [4.69, 9.17) is 0 Å². The van der Waals surface area contributed by atoms with Crippen molar-refractivity contribution in [3.8, 4) is 0 Å². The molecule has 0 aromatic heterocycles. The molecule has 0 spiro atoms. The second kappa shape index (κ2) is 10.6. The van der Waals surface area contributed by atoms with Crippen LogP contribution in [0.3, 0.4) is 0 Å². The van der Waals surface area contributed by atoms with Crippen molar-refractivity contribution < 1.29 is 4.79 Å². The molecule has 0 aromatic carbocycles. The van der Waals surface area contributed by atoms with Gasteiger partial charge in [-0.05, 0) is 12.3 Å². The fourth-order valence-electron chi connectivity index (χ4n) is 2.02. The van der Waals surface area contributed by atoms with Crippen LogP contribution in [0.15, 0.2) is 0 Å². The maximum absolute atomic E-state index is 11.4. The summed E-state index contributed by atoms with van der Waals surface area (Å²) in [6.07, 6.45) is 9.09. The highest BCUT2D eigenvalue weighted by Gasteiger charge is 2.09. The lowest BCUT2D eigenvalue weighted by atomic mass is 9.95. The molecule has 0 rings (SSSR count). The van der Waals surface area contributed by atoms with Gasteiger partial charge in [-0.1, -0.05) is 66.2 Å². The van der Waals surface area contributed by atoms with E-state index in [1.54, 1.807) is 0 Å². The minimum Gasteiger partial charge on any atom is -0.356 e. The van der Waals surface area contributed by atoms with Crippen molar-refractivity contribution in [1.29, 1.82) is 0 Å². The summed E-state index contributed by atoms with van der Waals surface area (Å²) in [4.78, 5) is 11.4. The van der Waals surface area contributed by atoms with E-state index in [0.717, 1.165) is 18.9 Å². The number of hydrogen-bond donors (Lipinski definition) is 1. The second-order valence-corrected chi connectivity index (χ2v) is 5.36. The summed E-state index contributed by atoms with van der Waals surface area (Å²) >= 11 is 0. The fraction of sp³-hybridized carbons (Fsp3) is 0.933. The maximum atomic E-state index is 11.4. The molecule has 0 saturated heterocycles. The van der Waals surface area contributed by atoms with Gasteiger partial charge in [0.15, 0.2) is 0 Å². The lowest BCUT2D eigenvalue weighted by Crippen LogP contribution is -2.29. The lowest BCUT2D eigenvalue weighted by molar-refractivity contribution is -0.124. The normalized spacial score (nSPS) is 12.8. The van der Waals surface area contributed by atoms with Crippen LogP contribution in [0, 0.1) is 11.8 Å². The van der Waals surface area contributed by atoms with E-state index in [-0.39, 0.29) is 11.8 Å². The molecule has 0 aliphatic heterocycles. The number of rotatable bonds is 10. The average molecular weight is 241 g/mol. The third-order valence-corrected chi connectivity index (χ3v) is 3.42. The van der Waals surface area contributed by atoms with Crippen LogP contribution in [0.25, 0.3) is 0 Å². The summed E-state index contributed by atoms with van der Waals surface area (Å²) in [6, 6.07) is 0. The molecule has 0 aliphatic carbocycles. The summed E-state index contributed by atoms with van der Waals surface area (Å²) in [5.41, 5.74) is 0. The first-order chi connectivity index (χ1) is 8.11. The molecule has 0 bridgehead atoms. The molecule has 2 nitrogen and oxygen atoms in total. The molecule has 1 unspecified atom stereocenters. The second-order valence-electron chi connectivity index (χ2n) is 5.36. The average Bonchev–Trinajstić information content (AvgIpc) is 2.31. The van der Waals surface area contributed by atoms with Crippen LogP contribution >= 0.6 is 0 Å². The van der Waals surface area contributed by atoms with Crippen molar-refractivity contribution in [3.63, 3.8) is 0 Å². The predicted octanol–water partition coefficient (Wildman–Crippen LogP) is 4.15. The summed E-state index contributed by atoms with van der Waals surface area (Å²) in [5, 5.41) is 3.01. The third-order valence-electron chi connectivity index (χ3n) is 3.42. The molecular formula is C15H31NO. The predicted molar refractivity (Wildman–Crippen MR) is 75.0 cm³/mol. The summed E-state index contributed by atoms with van der Waals surface area (Å²) in [5.74, 6) is 1.09. The standard InChI is InChI=1S/C15H31NO/c1-5-7-8-9-10-14(6-2)11-12-16-15(17)13(3)4/h13-14H,5-12H2,1-4H3,(H,16,17). The van der Waals surface area contributed by atoms with Crippen molar-refractivity contribution in [2.45, 2.75) is 72.6 Å². The topological polar surface area (TPSA) is 29.1 Å². The lowest BCUT2D eigenvalue weighted by Gasteiger charge is -2.15. The van der Waals surface area contributed by atoms with Gasteiger partial charge in [0, 0.05) is 12.5 Å². The molecule has 0 heterocycles. The van der Waals surface area contributed by atoms with Crippen LogP contribution in [-0.2, 0) is 4.79 Å². The van der Waals surface area contributed by atoms with Gasteiger partial charge in [-0.2, -0.15) is 0 Å². The molecule has 0 fully saturated rings. The molecule has 102 valence electrons. The van der Waals surface area contributed by atoms with Gasteiger partial charge < -0.3 is 5.32 Å². The van der Waals surface area contributed by atoms with Gasteiger partial charge in [-0.25, -0.2) is 0 Å². The van der Waals surface area contributed by atoms with Crippen molar-refractivity contribution in [1.82, 2.24) is 5.32 Å². The number of unbranched alkanes of at least 4 members (excludes halogenated alkanes) is 3. The summed E-state index contributed by atoms with van der Waals surface area (Å²) < 4.78 is 0. The Morgan fingerprint density at radius 3 is 2.29 bits per heavy atom. The molecule has 0 radical (unpaired) electrons. The fourth-order valence-corrected chi connectivity index (χ4v) is 2.02. The first kappa shape index (κ1) is 16.5. The number of nitrogens with one attached hydrogen (secondary N) is 1. The van der Waals surface area contributed by atoms with Gasteiger partial charge in [0.05, 0.1) is 0 Å². The first-order valence-corrected chi connectivity index (χ1v) is 7.39. The summed E-state index contributed by atoms with van der Waals surface area (Å²) in [6.45, 7) is 9.24. The Morgan fingerprint density at radius 2 is 1.76 bits per heavy atom. The number of carbonyl (C=O) groups is 1. The van der Waals surface area contributed by atoms with Crippen LogP contribution in [0.1, 0.15) is 72.6 Å². The zero-order chi connectivity index (χ0) is 13.1. The Labute approximate surface area is 108 Å². The van der Waals surface area contributed by atoms with E-state index in [1.165, 1.54) is 38.5 Å². The molecule has 0 aliphatic rings. The Kier molecular flexibility index (Phi) is 10.3. The van der Waals surface area contributed by atoms with E-state index < -0.39 is 0 Å². The van der Waals surface area contributed by atoms with E-state index in [2.05, 4.69) is 19.2 Å². The van der Waals surface area contributed by atoms with E-state index in [0.29, 0.717) is 0 Å². The third kappa shape index (κ3) is 9.20. The Hall–Kier alpha value is -0.530. The minimum atomic E-state index is 0.111. The number of carbonyl (C=O) groups excluding carboxylic acids is 1. The molecule has 17 heavy (non-hydrogen) atoms. The van der Waals surface area contributed by atoms with Gasteiger partial charge >= 0.3 is 0 Å². The van der Waals surface area contributed by atoms with Crippen molar-refractivity contribution in [2.75, 3.05) is 6.54 Å². The SMILES string of the molecule is CCCCCCC(CC)CCNC(=O)C(C)C. The molecule has 2 heteroatoms. The highest BCUT2D eigenvalue weighted by molar-refractivity contribution is 5.77. The van der Waals surface area contributed by atoms with Crippen LogP contribution in [-0.4, -0.2) is 12.5 Å². The molecule has 0 saturated carbocycles. The van der Waals surface area contributed by atoms with Crippen molar-refractivity contribution in [2.24, 2.45) is 11.8 Å². The smallest absolute Gasteiger partial charge is 0.222 e. The first-order valence-electron chi connectivity index (χ1n) is 7.39. The Balaban J connectivity index is 3.57. The Bertz CT molecular complexity index is 189. The van der Waals surface area contributed by atoms with Crippen LogP contribution in [0.5, 0.6) is 0 Å². The van der Waals surface area contributed by atoms with Crippen molar-refractivity contribution in [3.05, 3.63) is 0 Å². The van der Waals surface area contributed by atoms with Crippen LogP contribution < -0.4 is 5.32 Å². The highest BCUT2D eigenvalue weighted by atomic mass is 16.1. The molecule has 0 aromatic rings. The molecule has 1 atom stereocenters. The van der Waals surface area contributed by atoms with Gasteiger partial charge in [0.1, 0.15) is 0 Å². The number of amides is 1. The van der Waals surface area contributed by atoms with Gasteiger partial charge in [-0.3, -0.25) is 4.79 Å². The largest absolute Gasteiger partial charge is 0.356 e. The molecular weight excluding hydrogens is 210 g/mol. The Morgan fingerprint density at radius 1 is 1.06 bits per heavy atom. The number of hydrogen-bond acceptors (Lipinski definition) is 1. The van der Waals surface area contributed by atoms with Gasteiger partial charge in [-0.15, -0.1) is 0 Å². The zero-order valence-electron chi connectivity index (χ0n) is 12.2. The summed E-state index contributed by atoms with van der Waals surface area (Å²) in [7, 11) is 0. The molecule has 1 N–H and O–H groups in total. The van der Waals surface area contributed by atoms with E-state index in [1.807, 2.05) is 13.8 Å². The van der Waals surface area contributed by atoms with E-state index in [9.17, 15) is 4.79 Å². The highest BCUT2D eigenvalue weighted by Crippen LogP contribution is 2.17. The molecule has 1 amide bonds.